The van der Waals surface area contributed by atoms with Crippen molar-refractivity contribution in [3.63, 3.8) is 0 Å². The SMILES string of the molecule is Nc1ccc(CCC(=O)C23CC4CC(CC(C4)C2)C3)cc1. The molecule has 2 N–H and O–H groups in total. The minimum Gasteiger partial charge on any atom is -0.399 e. The van der Waals surface area contributed by atoms with Crippen molar-refractivity contribution in [2.75, 3.05) is 5.73 Å². The predicted molar refractivity (Wildman–Crippen MR) is 84.8 cm³/mol. The van der Waals surface area contributed by atoms with E-state index >= 15 is 0 Å². The maximum absolute atomic E-state index is 12.9. The van der Waals surface area contributed by atoms with E-state index in [1.807, 2.05) is 12.1 Å². The molecule has 0 amide bonds. The average Bonchev–Trinajstić information content (AvgIpc) is 2.45. The summed E-state index contributed by atoms with van der Waals surface area (Å²) in [4.78, 5) is 12.9. The largest absolute Gasteiger partial charge is 0.399 e. The summed E-state index contributed by atoms with van der Waals surface area (Å²) in [5, 5.41) is 0. The van der Waals surface area contributed by atoms with Crippen molar-refractivity contribution in [2.45, 2.75) is 51.4 Å². The Morgan fingerprint density at radius 2 is 1.52 bits per heavy atom. The summed E-state index contributed by atoms with van der Waals surface area (Å²) in [6.45, 7) is 0. The number of rotatable bonds is 4. The number of Topliss-reactive ketones (excluding diaryl/α,β-unsaturated/α-hetero) is 1. The Morgan fingerprint density at radius 1 is 1.00 bits per heavy atom. The topological polar surface area (TPSA) is 43.1 Å². The van der Waals surface area contributed by atoms with Crippen molar-refractivity contribution >= 4 is 11.5 Å². The lowest BCUT2D eigenvalue weighted by molar-refractivity contribution is -0.143. The van der Waals surface area contributed by atoms with Gasteiger partial charge < -0.3 is 5.73 Å². The van der Waals surface area contributed by atoms with E-state index in [1.54, 1.807) is 0 Å². The molecule has 0 heterocycles. The molecular weight excluding hydrogens is 258 g/mol. The number of nitrogens with two attached hydrogens (primary N) is 1. The van der Waals surface area contributed by atoms with Crippen LogP contribution in [0.1, 0.15) is 50.5 Å². The summed E-state index contributed by atoms with van der Waals surface area (Å²) in [5.41, 5.74) is 7.83. The number of anilines is 1. The molecule has 21 heavy (non-hydrogen) atoms. The van der Waals surface area contributed by atoms with Crippen molar-refractivity contribution in [1.82, 2.24) is 0 Å². The molecule has 0 aromatic heterocycles. The smallest absolute Gasteiger partial charge is 0.139 e. The molecular formula is C19H25NO. The molecule has 1 aromatic rings. The Morgan fingerprint density at radius 3 is 2.05 bits per heavy atom. The zero-order valence-corrected chi connectivity index (χ0v) is 12.7. The molecule has 4 aliphatic carbocycles. The highest BCUT2D eigenvalue weighted by molar-refractivity contribution is 5.85. The molecule has 4 saturated carbocycles. The first-order chi connectivity index (χ1) is 10.1. The van der Waals surface area contributed by atoms with Gasteiger partial charge in [0.2, 0.25) is 0 Å². The van der Waals surface area contributed by atoms with Crippen LogP contribution in [-0.4, -0.2) is 5.78 Å². The van der Waals surface area contributed by atoms with Gasteiger partial charge in [0.1, 0.15) is 5.78 Å². The van der Waals surface area contributed by atoms with Gasteiger partial charge in [-0.05, 0) is 80.4 Å². The first-order valence-electron chi connectivity index (χ1n) is 8.51. The molecule has 4 bridgehead atoms. The van der Waals surface area contributed by atoms with E-state index in [4.69, 9.17) is 5.73 Å². The number of benzene rings is 1. The van der Waals surface area contributed by atoms with Crippen molar-refractivity contribution in [3.05, 3.63) is 29.8 Å². The third-order valence-electron chi connectivity index (χ3n) is 6.25. The molecule has 0 spiro atoms. The second kappa shape index (κ2) is 4.86. The molecule has 112 valence electrons. The van der Waals surface area contributed by atoms with Gasteiger partial charge >= 0.3 is 0 Å². The fourth-order valence-corrected chi connectivity index (χ4v) is 5.66. The summed E-state index contributed by atoms with van der Waals surface area (Å²) in [5.74, 6) is 3.13. The third-order valence-corrected chi connectivity index (χ3v) is 6.25. The van der Waals surface area contributed by atoms with E-state index in [0.717, 1.165) is 36.3 Å². The van der Waals surface area contributed by atoms with E-state index in [2.05, 4.69) is 12.1 Å². The number of hydrogen-bond donors (Lipinski definition) is 1. The first kappa shape index (κ1) is 13.4. The van der Waals surface area contributed by atoms with E-state index in [-0.39, 0.29) is 5.41 Å². The first-order valence-corrected chi connectivity index (χ1v) is 8.51. The van der Waals surface area contributed by atoms with Crippen LogP contribution in [0.2, 0.25) is 0 Å². The summed E-state index contributed by atoms with van der Waals surface area (Å²) in [6.07, 6.45) is 9.40. The lowest BCUT2D eigenvalue weighted by Crippen LogP contribution is -2.50. The molecule has 0 atom stereocenters. The molecule has 0 aliphatic heterocycles. The van der Waals surface area contributed by atoms with E-state index in [1.165, 1.54) is 44.1 Å². The lowest BCUT2D eigenvalue weighted by atomic mass is 9.48. The highest BCUT2D eigenvalue weighted by Crippen LogP contribution is 2.60. The highest BCUT2D eigenvalue weighted by atomic mass is 16.1. The van der Waals surface area contributed by atoms with Gasteiger partial charge in [0.25, 0.3) is 0 Å². The minimum atomic E-state index is 0.0720. The van der Waals surface area contributed by atoms with Crippen LogP contribution in [-0.2, 0) is 11.2 Å². The molecule has 0 radical (unpaired) electrons. The normalized spacial score (nSPS) is 36.9. The minimum absolute atomic E-state index is 0.0720. The van der Waals surface area contributed by atoms with Crippen molar-refractivity contribution in [2.24, 2.45) is 23.2 Å². The lowest BCUT2D eigenvalue weighted by Gasteiger charge is -2.56. The summed E-state index contributed by atoms with van der Waals surface area (Å²) in [6, 6.07) is 7.99. The zero-order chi connectivity index (χ0) is 14.4. The van der Waals surface area contributed by atoms with E-state index in [9.17, 15) is 4.79 Å². The van der Waals surface area contributed by atoms with Gasteiger partial charge in [-0.1, -0.05) is 12.1 Å². The van der Waals surface area contributed by atoms with Crippen LogP contribution in [0.3, 0.4) is 0 Å². The number of aryl methyl sites for hydroxylation is 1. The molecule has 5 rings (SSSR count). The number of ketones is 1. The van der Waals surface area contributed by atoms with Crippen LogP contribution >= 0.6 is 0 Å². The van der Waals surface area contributed by atoms with Gasteiger partial charge in [-0.3, -0.25) is 4.79 Å². The van der Waals surface area contributed by atoms with Gasteiger partial charge in [-0.25, -0.2) is 0 Å². The van der Waals surface area contributed by atoms with E-state index < -0.39 is 0 Å². The quantitative estimate of drug-likeness (QED) is 0.849. The van der Waals surface area contributed by atoms with Crippen molar-refractivity contribution in [1.29, 1.82) is 0 Å². The number of hydrogen-bond acceptors (Lipinski definition) is 2. The van der Waals surface area contributed by atoms with Crippen molar-refractivity contribution in [3.8, 4) is 0 Å². The number of nitrogen functional groups attached to an aromatic ring is 1. The molecule has 2 heteroatoms. The zero-order valence-electron chi connectivity index (χ0n) is 12.7. The second-order valence-corrected chi connectivity index (χ2v) is 7.86. The fourth-order valence-electron chi connectivity index (χ4n) is 5.66. The Kier molecular flexibility index (Phi) is 3.09. The van der Waals surface area contributed by atoms with E-state index in [0.29, 0.717) is 5.78 Å². The Hall–Kier alpha value is -1.31. The standard InChI is InChI=1S/C19H25NO/c20-17-4-1-13(2-5-17)3-6-18(21)19-10-14-7-15(11-19)9-16(8-14)12-19/h1-2,4-5,14-16H,3,6-12,20H2. The van der Waals surface area contributed by atoms with Gasteiger partial charge in [0, 0.05) is 17.5 Å². The summed E-state index contributed by atoms with van der Waals surface area (Å²) < 4.78 is 0. The summed E-state index contributed by atoms with van der Waals surface area (Å²) >= 11 is 0. The third kappa shape index (κ3) is 2.39. The molecule has 2 nitrogen and oxygen atoms in total. The van der Waals surface area contributed by atoms with Crippen LogP contribution in [0.4, 0.5) is 5.69 Å². The highest BCUT2D eigenvalue weighted by Gasteiger charge is 2.53. The van der Waals surface area contributed by atoms with Gasteiger partial charge in [0.15, 0.2) is 0 Å². The predicted octanol–water partition coefficient (Wildman–Crippen LogP) is 3.99. The monoisotopic (exact) mass is 283 g/mol. The van der Waals surface area contributed by atoms with Crippen LogP contribution in [0.25, 0.3) is 0 Å². The van der Waals surface area contributed by atoms with Crippen LogP contribution in [0, 0.1) is 23.2 Å². The van der Waals surface area contributed by atoms with Gasteiger partial charge in [-0.15, -0.1) is 0 Å². The number of carbonyl (C=O) groups excluding carboxylic acids is 1. The molecule has 4 aliphatic rings. The fraction of sp³-hybridized carbons (Fsp3) is 0.632. The Bertz CT molecular complexity index is 510. The molecule has 0 saturated heterocycles. The van der Waals surface area contributed by atoms with Crippen molar-refractivity contribution < 1.29 is 4.79 Å². The molecule has 1 aromatic carbocycles. The Labute approximate surface area is 127 Å². The Balaban J connectivity index is 1.44. The maximum atomic E-state index is 12.9. The average molecular weight is 283 g/mol. The second-order valence-electron chi connectivity index (χ2n) is 7.86. The van der Waals surface area contributed by atoms with Gasteiger partial charge in [0.05, 0.1) is 0 Å². The summed E-state index contributed by atoms with van der Waals surface area (Å²) in [7, 11) is 0. The van der Waals surface area contributed by atoms with Crippen LogP contribution in [0.5, 0.6) is 0 Å². The maximum Gasteiger partial charge on any atom is 0.139 e. The van der Waals surface area contributed by atoms with Crippen LogP contribution < -0.4 is 5.73 Å². The van der Waals surface area contributed by atoms with Gasteiger partial charge in [-0.2, -0.15) is 0 Å². The molecule has 0 unspecified atom stereocenters. The van der Waals surface area contributed by atoms with Crippen LogP contribution in [0.15, 0.2) is 24.3 Å². The molecule has 4 fully saturated rings. The number of carbonyl (C=O) groups is 1.